The predicted molar refractivity (Wildman–Crippen MR) is 115 cm³/mol. The maximum Gasteiger partial charge on any atom is 0.225 e. The van der Waals surface area contributed by atoms with Gasteiger partial charge in [-0.3, -0.25) is 14.7 Å². The molecule has 0 aromatic heterocycles. The number of nitrogens with zero attached hydrogens (tertiary/aromatic N) is 2. The van der Waals surface area contributed by atoms with Crippen LogP contribution in [0.25, 0.3) is 0 Å². The Morgan fingerprint density at radius 2 is 1.76 bits per heavy atom. The highest BCUT2D eigenvalue weighted by Crippen LogP contribution is 2.26. The quantitative estimate of drug-likeness (QED) is 0.251. The second kappa shape index (κ2) is 10.5. The molecule has 0 aromatic rings. The molecule has 1 heterocycles. The van der Waals surface area contributed by atoms with Gasteiger partial charge < -0.3 is 16.0 Å². The topological polar surface area (TPSA) is 68.8 Å². The Labute approximate surface area is 170 Å². The van der Waals surface area contributed by atoms with E-state index in [0.29, 0.717) is 19.1 Å². The molecule has 0 aromatic carbocycles. The van der Waals surface area contributed by atoms with Crippen LogP contribution in [-0.2, 0) is 4.79 Å². The molecule has 3 N–H and O–H groups in total. The van der Waals surface area contributed by atoms with E-state index in [0.717, 1.165) is 18.5 Å². The largest absolute Gasteiger partial charge is 0.355 e. The molecule has 1 unspecified atom stereocenters. The van der Waals surface area contributed by atoms with E-state index in [9.17, 15) is 4.79 Å². The Hall–Kier alpha value is -0.570. The third kappa shape index (κ3) is 7.29. The van der Waals surface area contributed by atoms with Crippen molar-refractivity contribution < 1.29 is 4.79 Å². The number of hydrogen-bond donors (Lipinski definition) is 3. The summed E-state index contributed by atoms with van der Waals surface area (Å²) in [5.74, 6) is 0.911. The van der Waals surface area contributed by atoms with Gasteiger partial charge in [-0.05, 0) is 19.3 Å². The minimum Gasteiger partial charge on any atom is -0.355 e. The predicted octanol–water partition coefficient (Wildman–Crippen LogP) is 1.95. The molecule has 146 valence electrons. The standard InChI is InChI=1S/C18H35N5O.HI/c1-18(2,3)16(24)20-10-11-21-17(19-4)22-14-9-12-23(13-14)15-7-5-6-8-15;/h14-15H,5-13H2,1-4H3,(H,20,24)(H2,19,21,22);1H. The van der Waals surface area contributed by atoms with Crippen LogP contribution in [0.4, 0.5) is 0 Å². The van der Waals surface area contributed by atoms with Crippen LogP contribution in [0.15, 0.2) is 4.99 Å². The van der Waals surface area contributed by atoms with Gasteiger partial charge >= 0.3 is 0 Å². The van der Waals surface area contributed by atoms with Crippen LogP contribution in [0.3, 0.4) is 0 Å². The fourth-order valence-electron chi connectivity index (χ4n) is 3.52. The molecule has 0 bridgehead atoms. The first-order valence-electron chi connectivity index (χ1n) is 9.39. The van der Waals surface area contributed by atoms with E-state index >= 15 is 0 Å². The molecular formula is C18H36IN5O. The summed E-state index contributed by atoms with van der Waals surface area (Å²) in [7, 11) is 1.80. The van der Waals surface area contributed by atoms with Gasteiger partial charge in [0, 0.05) is 50.7 Å². The van der Waals surface area contributed by atoms with Gasteiger partial charge in [0.05, 0.1) is 0 Å². The zero-order chi connectivity index (χ0) is 17.6. The Morgan fingerprint density at radius 3 is 2.36 bits per heavy atom. The van der Waals surface area contributed by atoms with Crippen molar-refractivity contribution in [3.05, 3.63) is 0 Å². The number of hydrogen-bond acceptors (Lipinski definition) is 3. The Kier molecular flexibility index (Phi) is 9.48. The first-order chi connectivity index (χ1) is 11.4. The Morgan fingerprint density at radius 1 is 1.12 bits per heavy atom. The van der Waals surface area contributed by atoms with E-state index in [-0.39, 0.29) is 35.3 Å². The fraction of sp³-hybridized carbons (Fsp3) is 0.889. The molecule has 1 saturated carbocycles. The summed E-state index contributed by atoms with van der Waals surface area (Å²) in [5, 5.41) is 9.76. The number of carbonyl (C=O) groups is 1. The lowest BCUT2D eigenvalue weighted by Crippen LogP contribution is -2.47. The molecule has 2 aliphatic rings. The highest BCUT2D eigenvalue weighted by Gasteiger charge is 2.30. The summed E-state index contributed by atoms with van der Waals surface area (Å²) in [6, 6.07) is 1.28. The summed E-state index contributed by atoms with van der Waals surface area (Å²) in [6.07, 6.45) is 6.70. The lowest BCUT2D eigenvalue weighted by Gasteiger charge is -2.24. The van der Waals surface area contributed by atoms with Crippen molar-refractivity contribution in [3.8, 4) is 0 Å². The van der Waals surface area contributed by atoms with Crippen molar-refractivity contribution in [2.45, 2.75) is 65.0 Å². The molecule has 7 heteroatoms. The Bertz CT molecular complexity index is 443. The molecular weight excluding hydrogens is 429 g/mol. The van der Waals surface area contributed by atoms with Gasteiger partial charge in [0.25, 0.3) is 0 Å². The van der Waals surface area contributed by atoms with Crippen molar-refractivity contribution in [2.75, 3.05) is 33.2 Å². The van der Waals surface area contributed by atoms with Crippen LogP contribution < -0.4 is 16.0 Å². The second-order valence-electron chi connectivity index (χ2n) is 8.07. The molecule has 1 atom stereocenters. The van der Waals surface area contributed by atoms with Gasteiger partial charge in [-0.25, -0.2) is 0 Å². The molecule has 1 aliphatic heterocycles. The number of carbonyl (C=O) groups excluding carboxylic acids is 1. The Balaban J connectivity index is 0.00000312. The van der Waals surface area contributed by atoms with E-state index in [2.05, 4.69) is 25.8 Å². The summed E-state index contributed by atoms with van der Waals surface area (Å²) >= 11 is 0. The van der Waals surface area contributed by atoms with Crippen LogP contribution in [0.1, 0.15) is 52.9 Å². The van der Waals surface area contributed by atoms with Crippen LogP contribution >= 0.6 is 24.0 Å². The lowest BCUT2D eigenvalue weighted by atomic mass is 9.96. The van der Waals surface area contributed by atoms with E-state index < -0.39 is 0 Å². The minimum absolute atomic E-state index is 0. The minimum atomic E-state index is -0.340. The average molecular weight is 465 g/mol. The van der Waals surface area contributed by atoms with Crippen molar-refractivity contribution in [2.24, 2.45) is 10.4 Å². The highest BCUT2D eigenvalue weighted by atomic mass is 127. The monoisotopic (exact) mass is 465 g/mol. The third-order valence-corrected chi connectivity index (χ3v) is 5.01. The zero-order valence-electron chi connectivity index (χ0n) is 16.2. The van der Waals surface area contributed by atoms with Crippen molar-refractivity contribution >= 4 is 35.8 Å². The fourth-order valence-corrected chi connectivity index (χ4v) is 3.52. The summed E-state index contributed by atoms with van der Waals surface area (Å²) < 4.78 is 0. The van der Waals surface area contributed by atoms with Gasteiger partial charge in [-0.2, -0.15) is 0 Å². The molecule has 1 amide bonds. The van der Waals surface area contributed by atoms with Crippen LogP contribution in [0.2, 0.25) is 0 Å². The molecule has 0 radical (unpaired) electrons. The highest BCUT2D eigenvalue weighted by molar-refractivity contribution is 14.0. The SMILES string of the molecule is CN=C(NCCNC(=O)C(C)(C)C)NC1CCN(C2CCCC2)C1.I. The third-order valence-electron chi connectivity index (χ3n) is 5.01. The second-order valence-corrected chi connectivity index (χ2v) is 8.07. The molecule has 25 heavy (non-hydrogen) atoms. The number of likely N-dealkylation sites (tertiary alicyclic amines) is 1. The number of halogens is 1. The number of nitrogens with one attached hydrogen (secondary N) is 3. The van der Waals surface area contributed by atoms with Crippen molar-refractivity contribution in [1.29, 1.82) is 0 Å². The van der Waals surface area contributed by atoms with Crippen LogP contribution in [-0.4, -0.2) is 62.1 Å². The number of aliphatic imine (C=N–C) groups is 1. The van der Waals surface area contributed by atoms with Gasteiger partial charge in [0.1, 0.15) is 0 Å². The van der Waals surface area contributed by atoms with Gasteiger partial charge in [0.2, 0.25) is 5.91 Å². The van der Waals surface area contributed by atoms with Crippen molar-refractivity contribution in [3.63, 3.8) is 0 Å². The first-order valence-corrected chi connectivity index (χ1v) is 9.39. The number of amides is 1. The normalized spacial score (nSPS) is 22.6. The van der Waals surface area contributed by atoms with E-state index in [1.807, 2.05) is 20.8 Å². The number of rotatable bonds is 5. The zero-order valence-corrected chi connectivity index (χ0v) is 18.6. The van der Waals surface area contributed by atoms with E-state index in [1.165, 1.54) is 38.6 Å². The van der Waals surface area contributed by atoms with Gasteiger partial charge in [-0.15, -0.1) is 24.0 Å². The van der Waals surface area contributed by atoms with E-state index in [1.54, 1.807) is 7.05 Å². The van der Waals surface area contributed by atoms with E-state index in [4.69, 9.17) is 0 Å². The summed E-state index contributed by atoms with van der Waals surface area (Å²) in [4.78, 5) is 18.8. The van der Waals surface area contributed by atoms with Crippen LogP contribution in [0.5, 0.6) is 0 Å². The first kappa shape index (κ1) is 22.5. The van der Waals surface area contributed by atoms with Crippen molar-refractivity contribution in [1.82, 2.24) is 20.9 Å². The van der Waals surface area contributed by atoms with Crippen LogP contribution in [0, 0.1) is 5.41 Å². The summed E-state index contributed by atoms with van der Waals surface area (Å²) in [6.45, 7) is 9.37. The molecule has 1 saturated heterocycles. The number of guanidine groups is 1. The maximum atomic E-state index is 11.8. The average Bonchev–Trinajstić information content (AvgIpc) is 3.19. The summed E-state index contributed by atoms with van der Waals surface area (Å²) in [5.41, 5.74) is -0.340. The van der Waals surface area contributed by atoms with Gasteiger partial charge in [0.15, 0.2) is 5.96 Å². The molecule has 6 nitrogen and oxygen atoms in total. The smallest absolute Gasteiger partial charge is 0.225 e. The maximum absolute atomic E-state index is 11.8. The lowest BCUT2D eigenvalue weighted by molar-refractivity contribution is -0.128. The molecule has 2 fully saturated rings. The molecule has 2 rings (SSSR count). The molecule has 1 aliphatic carbocycles. The van der Waals surface area contributed by atoms with Gasteiger partial charge in [-0.1, -0.05) is 33.6 Å². The molecule has 0 spiro atoms.